The summed E-state index contributed by atoms with van der Waals surface area (Å²) in [4.78, 5) is 14.8. The fraction of sp³-hybridized carbons (Fsp3) is 0.611. The van der Waals surface area contributed by atoms with E-state index >= 15 is 0 Å². The highest BCUT2D eigenvalue weighted by Gasteiger charge is 2.31. The molecule has 3 atom stereocenters. The molecule has 0 aromatic heterocycles. The second-order valence-corrected chi connectivity index (χ2v) is 6.75. The summed E-state index contributed by atoms with van der Waals surface area (Å²) in [7, 11) is 0. The molecular formula is C18H27N3O. The van der Waals surface area contributed by atoms with Crippen molar-refractivity contribution in [2.75, 3.05) is 19.6 Å². The molecule has 2 aliphatic rings. The maximum Gasteiger partial charge on any atom is 0.224 e. The van der Waals surface area contributed by atoms with Crippen LogP contribution in [-0.4, -0.2) is 42.5 Å². The van der Waals surface area contributed by atoms with Crippen molar-refractivity contribution in [3.63, 3.8) is 0 Å². The van der Waals surface area contributed by atoms with Crippen molar-refractivity contribution >= 4 is 5.91 Å². The van der Waals surface area contributed by atoms with Crippen LogP contribution in [0, 0.1) is 5.92 Å². The average molecular weight is 301 g/mol. The van der Waals surface area contributed by atoms with E-state index in [1.54, 1.807) is 0 Å². The number of benzene rings is 1. The lowest BCUT2D eigenvalue weighted by Crippen LogP contribution is -2.45. The van der Waals surface area contributed by atoms with Gasteiger partial charge in [0.2, 0.25) is 5.91 Å². The van der Waals surface area contributed by atoms with Gasteiger partial charge in [0, 0.05) is 31.7 Å². The van der Waals surface area contributed by atoms with E-state index in [1.165, 1.54) is 5.56 Å². The molecule has 1 amide bonds. The molecule has 120 valence electrons. The summed E-state index contributed by atoms with van der Waals surface area (Å²) in [5.41, 5.74) is 1.35. The Bertz CT molecular complexity index is 484. The van der Waals surface area contributed by atoms with Crippen molar-refractivity contribution < 1.29 is 4.79 Å². The Morgan fingerprint density at radius 1 is 1.36 bits per heavy atom. The Labute approximate surface area is 133 Å². The van der Waals surface area contributed by atoms with Gasteiger partial charge in [0.05, 0.1) is 5.92 Å². The Hall–Kier alpha value is -1.39. The monoisotopic (exact) mass is 301 g/mol. The summed E-state index contributed by atoms with van der Waals surface area (Å²) in [5.74, 6) is 0.401. The van der Waals surface area contributed by atoms with Crippen LogP contribution in [0.3, 0.4) is 0 Å². The number of carbonyl (C=O) groups excluding carboxylic acids is 1. The van der Waals surface area contributed by atoms with Crippen LogP contribution in [0.5, 0.6) is 0 Å². The third-order valence-corrected chi connectivity index (χ3v) is 4.95. The first-order valence-corrected chi connectivity index (χ1v) is 8.51. The molecule has 2 fully saturated rings. The minimum atomic E-state index is 0.159. The van der Waals surface area contributed by atoms with E-state index in [4.69, 9.17) is 0 Å². The molecule has 22 heavy (non-hydrogen) atoms. The number of piperidine rings is 1. The molecule has 2 aliphatic heterocycles. The zero-order chi connectivity index (χ0) is 15.4. The Morgan fingerprint density at radius 2 is 2.18 bits per heavy atom. The first-order valence-electron chi connectivity index (χ1n) is 8.51. The summed E-state index contributed by atoms with van der Waals surface area (Å²) < 4.78 is 0. The van der Waals surface area contributed by atoms with Crippen LogP contribution in [-0.2, 0) is 11.3 Å². The van der Waals surface area contributed by atoms with Gasteiger partial charge in [0.15, 0.2) is 0 Å². The lowest BCUT2D eigenvalue weighted by molar-refractivity contribution is -0.126. The van der Waals surface area contributed by atoms with E-state index in [0.717, 1.165) is 45.4 Å². The largest absolute Gasteiger partial charge is 0.352 e. The van der Waals surface area contributed by atoms with Gasteiger partial charge in [-0.3, -0.25) is 9.69 Å². The van der Waals surface area contributed by atoms with Gasteiger partial charge in [-0.05, 0) is 38.3 Å². The van der Waals surface area contributed by atoms with Gasteiger partial charge in [-0.2, -0.15) is 0 Å². The minimum absolute atomic E-state index is 0.159. The average Bonchev–Trinajstić information content (AvgIpc) is 2.88. The first-order chi connectivity index (χ1) is 10.7. The highest BCUT2D eigenvalue weighted by Crippen LogP contribution is 2.21. The van der Waals surface area contributed by atoms with Gasteiger partial charge in [-0.15, -0.1) is 0 Å². The minimum Gasteiger partial charge on any atom is -0.352 e. The number of nitrogens with zero attached hydrogens (tertiary/aromatic N) is 1. The highest BCUT2D eigenvalue weighted by atomic mass is 16.2. The van der Waals surface area contributed by atoms with Crippen LogP contribution in [0.4, 0.5) is 0 Å². The van der Waals surface area contributed by atoms with Gasteiger partial charge >= 0.3 is 0 Å². The van der Waals surface area contributed by atoms with Crippen LogP contribution in [0.1, 0.15) is 31.7 Å². The molecule has 3 rings (SSSR count). The van der Waals surface area contributed by atoms with Crippen LogP contribution in [0.2, 0.25) is 0 Å². The number of likely N-dealkylation sites (tertiary alicyclic amines) is 1. The van der Waals surface area contributed by atoms with Gasteiger partial charge in [0.1, 0.15) is 0 Å². The molecule has 1 aromatic carbocycles. The zero-order valence-electron chi connectivity index (χ0n) is 13.4. The highest BCUT2D eigenvalue weighted by molar-refractivity contribution is 5.79. The van der Waals surface area contributed by atoms with Crippen molar-refractivity contribution in [3.8, 4) is 0 Å². The lowest BCUT2D eigenvalue weighted by atomic mass is 9.98. The summed E-state index contributed by atoms with van der Waals surface area (Å²) in [6.07, 6.45) is 3.19. The quantitative estimate of drug-likeness (QED) is 0.891. The topological polar surface area (TPSA) is 44.4 Å². The number of amides is 1. The predicted octanol–water partition coefficient (Wildman–Crippen LogP) is 1.77. The molecule has 0 saturated carbocycles. The van der Waals surface area contributed by atoms with E-state index in [0.29, 0.717) is 12.1 Å². The number of rotatable bonds is 4. The van der Waals surface area contributed by atoms with Gasteiger partial charge in [0.25, 0.3) is 0 Å². The fourth-order valence-electron chi connectivity index (χ4n) is 3.64. The van der Waals surface area contributed by atoms with Crippen molar-refractivity contribution in [1.29, 1.82) is 0 Å². The van der Waals surface area contributed by atoms with E-state index < -0.39 is 0 Å². The Morgan fingerprint density at radius 3 is 2.91 bits per heavy atom. The number of carbonyl (C=O) groups is 1. The molecule has 2 N–H and O–H groups in total. The number of nitrogens with one attached hydrogen (secondary N) is 2. The third kappa shape index (κ3) is 3.87. The smallest absolute Gasteiger partial charge is 0.224 e. The van der Waals surface area contributed by atoms with E-state index in [2.05, 4.69) is 52.8 Å². The molecule has 4 nitrogen and oxygen atoms in total. The Kier molecular flexibility index (Phi) is 5.11. The lowest BCUT2D eigenvalue weighted by Gasteiger charge is -2.24. The molecule has 2 heterocycles. The van der Waals surface area contributed by atoms with Gasteiger partial charge in [-0.25, -0.2) is 0 Å². The van der Waals surface area contributed by atoms with Crippen molar-refractivity contribution in [1.82, 2.24) is 15.5 Å². The zero-order valence-corrected chi connectivity index (χ0v) is 13.4. The molecule has 3 unspecified atom stereocenters. The number of hydrogen-bond acceptors (Lipinski definition) is 3. The number of hydrogen-bond donors (Lipinski definition) is 2. The molecular weight excluding hydrogens is 274 g/mol. The van der Waals surface area contributed by atoms with Crippen molar-refractivity contribution in [2.24, 2.45) is 5.92 Å². The second kappa shape index (κ2) is 7.25. The SMILES string of the molecule is CC1CC(NC(=O)C2CCCNC2)CN1Cc1ccccc1. The summed E-state index contributed by atoms with van der Waals surface area (Å²) in [6.45, 7) is 6.08. The molecule has 0 bridgehead atoms. The summed E-state index contributed by atoms with van der Waals surface area (Å²) in [6, 6.07) is 11.4. The second-order valence-electron chi connectivity index (χ2n) is 6.75. The Balaban J connectivity index is 1.51. The van der Waals surface area contributed by atoms with E-state index in [-0.39, 0.29) is 11.8 Å². The van der Waals surface area contributed by atoms with Crippen LogP contribution in [0.15, 0.2) is 30.3 Å². The van der Waals surface area contributed by atoms with E-state index in [9.17, 15) is 4.79 Å². The van der Waals surface area contributed by atoms with Gasteiger partial charge < -0.3 is 10.6 Å². The van der Waals surface area contributed by atoms with Crippen LogP contribution < -0.4 is 10.6 Å². The molecule has 0 aliphatic carbocycles. The molecule has 1 aromatic rings. The van der Waals surface area contributed by atoms with Crippen molar-refractivity contribution in [3.05, 3.63) is 35.9 Å². The first kappa shape index (κ1) is 15.5. The molecule has 4 heteroatoms. The van der Waals surface area contributed by atoms with E-state index in [1.807, 2.05) is 0 Å². The third-order valence-electron chi connectivity index (χ3n) is 4.95. The van der Waals surface area contributed by atoms with Crippen molar-refractivity contribution in [2.45, 2.75) is 44.8 Å². The molecule has 0 radical (unpaired) electrons. The van der Waals surface area contributed by atoms with Gasteiger partial charge in [-0.1, -0.05) is 30.3 Å². The maximum absolute atomic E-state index is 12.4. The normalized spacial score (nSPS) is 29.4. The maximum atomic E-state index is 12.4. The van der Waals surface area contributed by atoms with Crippen LogP contribution in [0.25, 0.3) is 0 Å². The predicted molar refractivity (Wildman–Crippen MR) is 88.5 cm³/mol. The summed E-state index contributed by atoms with van der Waals surface area (Å²) >= 11 is 0. The van der Waals surface area contributed by atoms with Crippen LogP contribution >= 0.6 is 0 Å². The molecule has 2 saturated heterocycles. The molecule has 0 spiro atoms. The summed E-state index contributed by atoms with van der Waals surface area (Å²) in [5, 5.41) is 6.59. The standard InChI is InChI=1S/C18H27N3O/c1-14-10-17(20-18(22)16-8-5-9-19-11-16)13-21(14)12-15-6-3-2-4-7-15/h2-4,6-7,14,16-17,19H,5,8-13H2,1H3,(H,20,22). The fourth-order valence-corrected chi connectivity index (χ4v) is 3.64.